The molecule has 0 unspecified atom stereocenters. The van der Waals surface area contributed by atoms with Gasteiger partial charge in [-0.1, -0.05) is 12.1 Å². The van der Waals surface area contributed by atoms with Crippen molar-refractivity contribution in [3.05, 3.63) is 29.8 Å². The fraction of sp³-hybridized carbons (Fsp3) is 0.615. The SMILES string of the molecule is CC(C)(C)OC(=O)CCC(=O)Nc1cccc(C(=O)CCN2CCN(C(=O)OC(C)(C)C)CC2)c1. The molecule has 1 aromatic carbocycles. The van der Waals surface area contributed by atoms with E-state index in [0.717, 1.165) is 0 Å². The summed E-state index contributed by atoms with van der Waals surface area (Å²) in [4.78, 5) is 52.7. The van der Waals surface area contributed by atoms with E-state index in [2.05, 4.69) is 10.2 Å². The first-order chi connectivity index (χ1) is 16.2. The van der Waals surface area contributed by atoms with Crippen LogP contribution >= 0.6 is 0 Å². The maximum absolute atomic E-state index is 12.7. The normalized spacial score (nSPS) is 14.9. The number of ketones is 1. The maximum Gasteiger partial charge on any atom is 0.410 e. The summed E-state index contributed by atoms with van der Waals surface area (Å²) in [6.45, 7) is 13.9. The van der Waals surface area contributed by atoms with Crippen molar-refractivity contribution in [1.82, 2.24) is 9.80 Å². The summed E-state index contributed by atoms with van der Waals surface area (Å²) < 4.78 is 10.6. The summed E-state index contributed by atoms with van der Waals surface area (Å²) in [6, 6.07) is 6.79. The summed E-state index contributed by atoms with van der Waals surface area (Å²) in [6.07, 6.45) is 0.0199. The second-order valence-corrected chi connectivity index (χ2v) is 10.7. The lowest BCUT2D eigenvalue weighted by molar-refractivity contribution is -0.155. The van der Waals surface area contributed by atoms with E-state index in [4.69, 9.17) is 9.47 Å². The van der Waals surface area contributed by atoms with E-state index in [9.17, 15) is 19.2 Å². The highest BCUT2D eigenvalue weighted by molar-refractivity contribution is 5.98. The Labute approximate surface area is 208 Å². The molecule has 1 heterocycles. The smallest absolute Gasteiger partial charge is 0.410 e. The molecule has 1 aliphatic heterocycles. The lowest BCUT2D eigenvalue weighted by Crippen LogP contribution is -2.50. The van der Waals surface area contributed by atoms with Crippen LogP contribution in [-0.4, -0.2) is 77.5 Å². The quantitative estimate of drug-likeness (QED) is 0.436. The molecule has 194 valence electrons. The number of nitrogens with zero attached hydrogens (tertiary/aromatic N) is 2. The predicted molar refractivity (Wildman–Crippen MR) is 133 cm³/mol. The molecule has 9 nitrogen and oxygen atoms in total. The number of benzene rings is 1. The molecule has 0 atom stereocenters. The second kappa shape index (κ2) is 12.2. The van der Waals surface area contributed by atoms with Crippen molar-refractivity contribution < 1.29 is 28.7 Å². The zero-order chi connectivity index (χ0) is 26.2. The van der Waals surface area contributed by atoms with Crippen molar-refractivity contribution in [2.24, 2.45) is 0 Å². The van der Waals surface area contributed by atoms with Gasteiger partial charge < -0.3 is 19.7 Å². The molecule has 9 heteroatoms. The van der Waals surface area contributed by atoms with Gasteiger partial charge in [0.25, 0.3) is 0 Å². The summed E-state index contributed by atoms with van der Waals surface area (Å²) in [5.74, 6) is -0.767. The van der Waals surface area contributed by atoms with Crippen LogP contribution < -0.4 is 5.32 Å². The molecule has 0 bridgehead atoms. The Morgan fingerprint density at radius 3 is 2.09 bits per heavy atom. The molecular weight excluding hydrogens is 450 g/mol. The first-order valence-corrected chi connectivity index (χ1v) is 12.1. The number of hydrogen-bond acceptors (Lipinski definition) is 7. The van der Waals surface area contributed by atoms with Crippen molar-refractivity contribution in [3.8, 4) is 0 Å². The average molecular weight is 490 g/mol. The zero-order valence-corrected chi connectivity index (χ0v) is 21.8. The minimum atomic E-state index is -0.589. The van der Waals surface area contributed by atoms with Gasteiger partial charge in [-0.15, -0.1) is 0 Å². The third kappa shape index (κ3) is 10.9. The fourth-order valence-corrected chi connectivity index (χ4v) is 3.49. The lowest BCUT2D eigenvalue weighted by Gasteiger charge is -2.35. The first-order valence-electron chi connectivity index (χ1n) is 12.1. The number of nitrogens with one attached hydrogen (secondary N) is 1. The number of anilines is 1. The number of ether oxygens (including phenoxy) is 2. The average Bonchev–Trinajstić information content (AvgIpc) is 2.74. The van der Waals surface area contributed by atoms with Crippen LogP contribution in [0, 0.1) is 0 Å². The van der Waals surface area contributed by atoms with E-state index >= 15 is 0 Å². The second-order valence-electron chi connectivity index (χ2n) is 10.7. The number of carbonyl (C=O) groups is 4. The minimum Gasteiger partial charge on any atom is -0.460 e. The zero-order valence-electron chi connectivity index (χ0n) is 21.8. The van der Waals surface area contributed by atoms with Gasteiger partial charge in [0.15, 0.2) is 5.78 Å². The van der Waals surface area contributed by atoms with Crippen LogP contribution in [0.3, 0.4) is 0 Å². The molecule has 1 aliphatic rings. The Hall–Kier alpha value is -2.94. The Morgan fingerprint density at radius 2 is 1.49 bits per heavy atom. The van der Waals surface area contributed by atoms with Crippen molar-refractivity contribution in [1.29, 1.82) is 0 Å². The van der Waals surface area contributed by atoms with Gasteiger partial charge in [-0.25, -0.2) is 4.79 Å². The van der Waals surface area contributed by atoms with E-state index in [0.29, 0.717) is 50.4 Å². The van der Waals surface area contributed by atoms with Gasteiger partial charge >= 0.3 is 12.1 Å². The van der Waals surface area contributed by atoms with Crippen molar-refractivity contribution in [2.45, 2.75) is 72.0 Å². The molecule has 0 saturated carbocycles. The Kier molecular flexibility index (Phi) is 9.82. The first kappa shape index (κ1) is 28.3. The van der Waals surface area contributed by atoms with Crippen LogP contribution in [-0.2, 0) is 19.1 Å². The van der Waals surface area contributed by atoms with E-state index < -0.39 is 17.2 Å². The highest BCUT2D eigenvalue weighted by atomic mass is 16.6. The van der Waals surface area contributed by atoms with Crippen molar-refractivity contribution in [3.63, 3.8) is 0 Å². The monoisotopic (exact) mass is 489 g/mol. The van der Waals surface area contributed by atoms with Gasteiger partial charge in [0, 0.05) is 56.8 Å². The number of hydrogen-bond donors (Lipinski definition) is 1. The van der Waals surface area contributed by atoms with Gasteiger partial charge in [-0.2, -0.15) is 0 Å². The number of rotatable bonds is 8. The number of carbonyl (C=O) groups excluding carboxylic acids is 4. The Balaban J connectivity index is 1.77. The molecule has 0 spiro atoms. The number of piperazine rings is 1. The molecule has 1 N–H and O–H groups in total. The molecule has 2 amide bonds. The predicted octanol–water partition coefficient (Wildman–Crippen LogP) is 3.87. The highest BCUT2D eigenvalue weighted by Gasteiger charge is 2.26. The van der Waals surface area contributed by atoms with Gasteiger partial charge in [0.05, 0.1) is 6.42 Å². The van der Waals surface area contributed by atoms with Crippen LogP contribution in [0.4, 0.5) is 10.5 Å². The number of esters is 1. The molecule has 1 fully saturated rings. The van der Waals surface area contributed by atoms with Crippen LogP contribution in [0.15, 0.2) is 24.3 Å². The summed E-state index contributed by atoms with van der Waals surface area (Å²) in [5, 5.41) is 2.73. The summed E-state index contributed by atoms with van der Waals surface area (Å²) >= 11 is 0. The number of Topliss-reactive ketones (excluding diaryl/α,β-unsaturated/α-hetero) is 1. The Bertz CT molecular complexity index is 908. The third-order valence-electron chi connectivity index (χ3n) is 5.12. The molecule has 1 aromatic rings. The van der Waals surface area contributed by atoms with Crippen LogP contribution in [0.2, 0.25) is 0 Å². The van der Waals surface area contributed by atoms with Crippen LogP contribution in [0.5, 0.6) is 0 Å². The molecule has 0 radical (unpaired) electrons. The summed E-state index contributed by atoms with van der Waals surface area (Å²) in [5.41, 5.74) is -0.0842. The van der Waals surface area contributed by atoms with Crippen molar-refractivity contribution in [2.75, 3.05) is 38.0 Å². The van der Waals surface area contributed by atoms with E-state index in [1.807, 2.05) is 20.8 Å². The molecule has 1 saturated heterocycles. The Morgan fingerprint density at radius 1 is 0.857 bits per heavy atom. The fourth-order valence-electron chi connectivity index (χ4n) is 3.49. The van der Waals surface area contributed by atoms with Gasteiger partial charge in [-0.05, 0) is 53.7 Å². The van der Waals surface area contributed by atoms with Crippen LogP contribution in [0.25, 0.3) is 0 Å². The highest BCUT2D eigenvalue weighted by Crippen LogP contribution is 2.16. The van der Waals surface area contributed by atoms with Gasteiger partial charge in [-0.3, -0.25) is 19.3 Å². The van der Waals surface area contributed by atoms with Crippen molar-refractivity contribution >= 4 is 29.4 Å². The van der Waals surface area contributed by atoms with Gasteiger partial charge in [0.2, 0.25) is 5.91 Å². The largest absolute Gasteiger partial charge is 0.460 e. The molecular formula is C26H39N3O6. The third-order valence-corrected chi connectivity index (χ3v) is 5.12. The van der Waals surface area contributed by atoms with E-state index in [-0.39, 0.29) is 30.6 Å². The molecule has 0 aliphatic carbocycles. The van der Waals surface area contributed by atoms with Gasteiger partial charge in [0.1, 0.15) is 11.2 Å². The van der Waals surface area contributed by atoms with Crippen LogP contribution in [0.1, 0.15) is 71.2 Å². The molecule has 35 heavy (non-hydrogen) atoms. The minimum absolute atomic E-state index is 0.00234. The standard InChI is InChI=1S/C26H39N3O6/c1-25(2,3)34-23(32)11-10-22(31)27-20-9-7-8-19(18-20)21(30)12-13-28-14-16-29(17-15-28)24(33)35-26(4,5)6/h7-9,18H,10-17H2,1-6H3,(H,27,31). The van der Waals surface area contributed by atoms with E-state index in [1.54, 1.807) is 49.9 Å². The topological polar surface area (TPSA) is 105 Å². The molecule has 2 rings (SSSR count). The van der Waals surface area contributed by atoms with E-state index in [1.165, 1.54) is 0 Å². The number of amides is 2. The maximum atomic E-state index is 12.7. The molecule has 0 aromatic heterocycles. The summed E-state index contributed by atoms with van der Waals surface area (Å²) in [7, 11) is 0. The lowest BCUT2D eigenvalue weighted by atomic mass is 10.1.